The zero-order valence-corrected chi connectivity index (χ0v) is 15.8. The van der Waals surface area contributed by atoms with E-state index in [4.69, 9.17) is 0 Å². The largest absolute Gasteiger partial charge is 0.336 e. The quantitative estimate of drug-likeness (QED) is 0.451. The second-order valence-electron chi connectivity index (χ2n) is 5.82. The van der Waals surface area contributed by atoms with Crippen molar-refractivity contribution >= 4 is 27.5 Å². The molecule has 3 rings (SSSR count). The number of non-ortho nitro benzene ring substituents is 1. The van der Waals surface area contributed by atoms with Crippen LogP contribution < -0.4 is 0 Å². The number of aromatic nitrogens is 2. The van der Waals surface area contributed by atoms with E-state index in [1.165, 1.54) is 33.8 Å². The number of nitrogens with zero attached hydrogens (tertiary/aromatic N) is 4. The van der Waals surface area contributed by atoms with Gasteiger partial charge >= 0.3 is 0 Å². The van der Waals surface area contributed by atoms with Crippen molar-refractivity contribution in [2.24, 2.45) is 0 Å². The normalized spacial score (nSPS) is 10.6. The van der Waals surface area contributed by atoms with Crippen LogP contribution in [0.5, 0.6) is 0 Å². The minimum atomic E-state index is -0.488. The zero-order chi connectivity index (χ0) is 19.6. The van der Waals surface area contributed by atoms with E-state index in [2.05, 4.69) is 21.0 Å². The van der Waals surface area contributed by atoms with Crippen LogP contribution in [-0.2, 0) is 6.54 Å². The summed E-state index contributed by atoms with van der Waals surface area (Å²) in [6.07, 6.45) is 1.59. The van der Waals surface area contributed by atoms with Crippen LogP contribution in [0.25, 0.3) is 5.69 Å². The summed E-state index contributed by atoms with van der Waals surface area (Å²) in [6, 6.07) is 11.9. The molecule has 0 spiro atoms. The van der Waals surface area contributed by atoms with Crippen LogP contribution >= 0.6 is 15.9 Å². The number of hydrogen-bond acceptors (Lipinski definition) is 4. The molecule has 7 nitrogen and oxygen atoms in total. The summed E-state index contributed by atoms with van der Waals surface area (Å²) in [7, 11) is 1.56. The summed E-state index contributed by atoms with van der Waals surface area (Å²) < 4.78 is 16.1. The molecule has 27 heavy (non-hydrogen) atoms. The maximum atomic E-state index is 13.9. The average Bonchev–Trinajstić information content (AvgIpc) is 3.14. The van der Waals surface area contributed by atoms with Crippen LogP contribution in [0.4, 0.5) is 10.1 Å². The first-order valence-corrected chi connectivity index (χ1v) is 8.64. The van der Waals surface area contributed by atoms with Crippen molar-refractivity contribution in [2.75, 3.05) is 7.05 Å². The van der Waals surface area contributed by atoms with Gasteiger partial charge in [-0.2, -0.15) is 5.10 Å². The zero-order valence-electron chi connectivity index (χ0n) is 14.2. The highest BCUT2D eigenvalue weighted by molar-refractivity contribution is 9.10. The monoisotopic (exact) mass is 432 g/mol. The van der Waals surface area contributed by atoms with E-state index in [1.54, 1.807) is 37.5 Å². The fourth-order valence-corrected chi connectivity index (χ4v) is 2.90. The highest BCUT2D eigenvalue weighted by Gasteiger charge is 2.17. The molecule has 1 aromatic heterocycles. The Morgan fingerprint density at radius 1 is 1.26 bits per heavy atom. The van der Waals surface area contributed by atoms with E-state index in [0.29, 0.717) is 11.3 Å². The Labute approximate surface area is 162 Å². The maximum Gasteiger partial charge on any atom is 0.274 e. The summed E-state index contributed by atoms with van der Waals surface area (Å²) in [4.78, 5) is 24.2. The summed E-state index contributed by atoms with van der Waals surface area (Å²) in [6.45, 7) is 0.0918. The SMILES string of the molecule is CN(Cc1cc(Br)ccc1F)C(=O)c1ccn(-c2ccc([N+](=O)[O-])cc2)n1. The molecule has 0 aliphatic carbocycles. The first-order valence-electron chi connectivity index (χ1n) is 7.85. The van der Waals surface area contributed by atoms with E-state index < -0.39 is 10.7 Å². The molecule has 0 atom stereocenters. The summed E-state index contributed by atoms with van der Waals surface area (Å²) in [5.41, 5.74) is 1.12. The number of benzene rings is 2. The fraction of sp³-hybridized carbons (Fsp3) is 0.111. The molecule has 9 heteroatoms. The number of halogens is 2. The molecule has 2 aromatic carbocycles. The topological polar surface area (TPSA) is 81.3 Å². The van der Waals surface area contributed by atoms with Crippen LogP contribution in [0, 0.1) is 15.9 Å². The van der Waals surface area contributed by atoms with Gasteiger partial charge in [-0.25, -0.2) is 9.07 Å². The molecule has 0 N–H and O–H groups in total. The Hall–Kier alpha value is -3.07. The van der Waals surface area contributed by atoms with Gasteiger partial charge in [-0.1, -0.05) is 15.9 Å². The number of nitro benzene ring substituents is 1. The number of carbonyl (C=O) groups excluding carboxylic acids is 1. The number of rotatable bonds is 5. The minimum absolute atomic E-state index is 0.0296. The number of carbonyl (C=O) groups is 1. The molecule has 0 fully saturated rings. The molecule has 0 saturated heterocycles. The predicted molar refractivity (Wildman–Crippen MR) is 100 cm³/mol. The lowest BCUT2D eigenvalue weighted by molar-refractivity contribution is -0.384. The van der Waals surface area contributed by atoms with E-state index in [0.717, 1.165) is 4.47 Å². The van der Waals surface area contributed by atoms with Crippen LogP contribution in [-0.4, -0.2) is 32.6 Å². The Balaban J connectivity index is 1.76. The number of amides is 1. The lowest BCUT2D eigenvalue weighted by Gasteiger charge is -2.16. The Bertz CT molecular complexity index is 1000. The molecular formula is C18H14BrFN4O3. The molecule has 0 bridgehead atoms. The molecule has 0 aliphatic rings. The summed E-state index contributed by atoms with van der Waals surface area (Å²) in [5, 5.41) is 14.9. The van der Waals surface area contributed by atoms with Crippen molar-refractivity contribution < 1.29 is 14.1 Å². The van der Waals surface area contributed by atoms with Gasteiger partial charge < -0.3 is 4.90 Å². The average molecular weight is 433 g/mol. The molecule has 0 unspecified atom stereocenters. The molecule has 138 valence electrons. The molecule has 1 amide bonds. The van der Waals surface area contributed by atoms with Gasteiger partial charge in [-0.3, -0.25) is 14.9 Å². The molecule has 0 radical (unpaired) electrons. The predicted octanol–water partition coefficient (Wildman–Crippen LogP) is 3.95. The van der Waals surface area contributed by atoms with Gasteiger partial charge in [0.15, 0.2) is 5.69 Å². The lowest BCUT2D eigenvalue weighted by Crippen LogP contribution is -2.27. The first kappa shape index (κ1) is 18.7. The van der Waals surface area contributed by atoms with Gasteiger partial charge in [0.1, 0.15) is 5.82 Å². The molecular weight excluding hydrogens is 419 g/mol. The second-order valence-corrected chi connectivity index (χ2v) is 6.73. The lowest BCUT2D eigenvalue weighted by atomic mass is 10.2. The van der Waals surface area contributed by atoms with Crippen LogP contribution in [0.1, 0.15) is 16.1 Å². The minimum Gasteiger partial charge on any atom is -0.336 e. The number of nitro groups is 1. The Kier molecular flexibility index (Phi) is 5.31. The standard InChI is InChI=1S/C18H14BrFN4O3/c1-22(11-12-10-13(19)2-7-16(12)20)18(25)17-8-9-23(21-17)14-3-5-15(6-4-14)24(26)27/h2-10H,11H2,1H3. The maximum absolute atomic E-state index is 13.9. The Morgan fingerprint density at radius 2 is 1.96 bits per heavy atom. The third-order valence-corrected chi connectivity index (χ3v) is 4.39. The van der Waals surface area contributed by atoms with Crippen molar-refractivity contribution in [3.63, 3.8) is 0 Å². The van der Waals surface area contributed by atoms with Crippen molar-refractivity contribution in [2.45, 2.75) is 6.54 Å². The van der Waals surface area contributed by atoms with Crippen molar-refractivity contribution in [3.05, 3.63) is 86.4 Å². The van der Waals surface area contributed by atoms with E-state index in [9.17, 15) is 19.3 Å². The van der Waals surface area contributed by atoms with Crippen molar-refractivity contribution in [1.82, 2.24) is 14.7 Å². The van der Waals surface area contributed by atoms with Gasteiger partial charge in [0.2, 0.25) is 0 Å². The second kappa shape index (κ2) is 7.67. The van der Waals surface area contributed by atoms with Gasteiger partial charge in [0.05, 0.1) is 10.6 Å². The first-order chi connectivity index (χ1) is 12.8. The summed E-state index contributed by atoms with van der Waals surface area (Å²) in [5.74, 6) is -0.760. The highest BCUT2D eigenvalue weighted by Crippen LogP contribution is 2.18. The van der Waals surface area contributed by atoms with Crippen LogP contribution in [0.2, 0.25) is 0 Å². The van der Waals surface area contributed by atoms with Crippen LogP contribution in [0.3, 0.4) is 0 Å². The fourth-order valence-electron chi connectivity index (χ4n) is 2.50. The van der Waals surface area contributed by atoms with Gasteiger partial charge in [-0.15, -0.1) is 0 Å². The number of hydrogen-bond donors (Lipinski definition) is 0. The summed E-state index contributed by atoms with van der Waals surface area (Å²) >= 11 is 3.28. The molecule has 0 aliphatic heterocycles. The van der Waals surface area contributed by atoms with Crippen molar-refractivity contribution in [3.8, 4) is 5.69 Å². The van der Waals surface area contributed by atoms with Gasteiger partial charge in [-0.05, 0) is 36.4 Å². The van der Waals surface area contributed by atoms with Crippen molar-refractivity contribution in [1.29, 1.82) is 0 Å². The van der Waals surface area contributed by atoms with E-state index in [1.807, 2.05) is 0 Å². The van der Waals surface area contributed by atoms with E-state index >= 15 is 0 Å². The third kappa shape index (κ3) is 4.20. The van der Waals surface area contributed by atoms with Crippen LogP contribution in [0.15, 0.2) is 59.2 Å². The van der Waals surface area contributed by atoms with Gasteiger partial charge in [0, 0.05) is 42.0 Å². The third-order valence-electron chi connectivity index (χ3n) is 3.90. The molecule has 1 heterocycles. The van der Waals surface area contributed by atoms with Gasteiger partial charge in [0.25, 0.3) is 11.6 Å². The van der Waals surface area contributed by atoms with E-state index in [-0.39, 0.29) is 23.8 Å². The Morgan fingerprint density at radius 3 is 2.63 bits per heavy atom. The molecule has 3 aromatic rings. The smallest absolute Gasteiger partial charge is 0.274 e. The highest BCUT2D eigenvalue weighted by atomic mass is 79.9. The molecule has 0 saturated carbocycles.